The molecule has 206 valence electrons. The molecular formula is C31H45N5OS. The molecule has 0 spiro atoms. The number of benzene rings is 2. The molecule has 1 saturated heterocycles. The highest BCUT2D eigenvalue weighted by atomic mass is 32.2. The van der Waals surface area contributed by atoms with Crippen LogP contribution in [0.4, 0.5) is 11.4 Å². The standard InChI is InChI=1S/C31H45N5OS/c1-4-5-18-34-25-14-15-27-26(21-25)36(19-8-6-7-16-31(3)17-10-11-22(2)35-31)30(37)28(38-27)23-12-9-13-24(20-23)29(32)33/h9,12-15,20-22,28,34-35H,4-8,10-11,16-19H2,1-3H3,(H3,32,33)/t22-,28?,31+/m0/s1. The van der Waals surface area contributed by atoms with Crippen LogP contribution in [0.25, 0.3) is 0 Å². The van der Waals surface area contributed by atoms with E-state index in [0.29, 0.717) is 18.2 Å². The summed E-state index contributed by atoms with van der Waals surface area (Å²) >= 11 is 1.60. The van der Waals surface area contributed by atoms with E-state index in [-0.39, 0.29) is 22.5 Å². The minimum atomic E-state index is -0.340. The van der Waals surface area contributed by atoms with Crippen molar-refractivity contribution in [1.29, 1.82) is 5.41 Å². The molecular weight excluding hydrogens is 490 g/mol. The van der Waals surface area contributed by atoms with Gasteiger partial charge >= 0.3 is 0 Å². The number of rotatable bonds is 12. The number of amides is 1. The summed E-state index contributed by atoms with van der Waals surface area (Å²) in [6.07, 6.45) is 10.5. The van der Waals surface area contributed by atoms with E-state index in [1.54, 1.807) is 11.8 Å². The maximum atomic E-state index is 13.9. The van der Waals surface area contributed by atoms with Crippen LogP contribution in [-0.2, 0) is 4.79 Å². The topological polar surface area (TPSA) is 94.2 Å². The molecule has 0 aromatic heterocycles. The Kier molecular flexibility index (Phi) is 9.77. The van der Waals surface area contributed by atoms with Crippen molar-refractivity contribution in [2.45, 2.75) is 100 Å². The first kappa shape index (κ1) is 28.5. The minimum Gasteiger partial charge on any atom is -0.385 e. The maximum absolute atomic E-state index is 13.9. The SMILES string of the molecule is CCCCNc1ccc2c(c1)N(CCCCC[C@]1(C)CCC[C@H](C)N1)C(=O)C(c1cccc(C(=N)N)c1)S2. The van der Waals surface area contributed by atoms with Crippen molar-refractivity contribution < 1.29 is 4.79 Å². The van der Waals surface area contributed by atoms with Gasteiger partial charge in [0.2, 0.25) is 5.91 Å². The van der Waals surface area contributed by atoms with Gasteiger partial charge in [0.05, 0.1) is 5.69 Å². The number of hydrogen-bond donors (Lipinski definition) is 4. The summed E-state index contributed by atoms with van der Waals surface area (Å²) in [5.74, 6) is 0.138. The highest BCUT2D eigenvalue weighted by molar-refractivity contribution is 8.00. The fraction of sp³-hybridized carbons (Fsp3) is 0.548. The summed E-state index contributed by atoms with van der Waals surface area (Å²) in [4.78, 5) is 17.1. The van der Waals surface area contributed by atoms with Crippen molar-refractivity contribution in [3.05, 3.63) is 53.6 Å². The molecule has 2 heterocycles. The first-order chi connectivity index (χ1) is 18.3. The Labute approximate surface area is 233 Å². The van der Waals surface area contributed by atoms with E-state index in [1.165, 1.54) is 32.1 Å². The first-order valence-electron chi connectivity index (χ1n) is 14.4. The molecule has 2 aromatic carbocycles. The van der Waals surface area contributed by atoms with E-state index in [1.807, 2.05) is 29.2 Å². The quantitative estimate of drug-likeness (QED) is 0.136. The minimum absolute atomic E-state index is 0.0238. The van der Waals surface area contributed by atoms with Crippen molar-refractivity contribution in [2.75, 3.05) is 23.3 Å². The van der Waals surface area contributed by atoms with E-state index in [4.69, 9.17) is 11.1 Å². The number of nitrogens with zero attached hydrogens (tertiary/aromatic N) is 1. The van der Waals surface area contributed by atoms with Crippen LogP contribution in [0.1, 0.15) is 94.9 Å². The molecule has 1 amide bonds. The monoisotopic (exact) mass is 535 g/mol. The number of unbranched alkanes of at least 4 members (excludes halogenated alkanes) is 3. The number of nitrogens with two attached hydrogens (primary N) is 1. The number of amidine groups is 1. The number of nitrogens with one attached hydrogen (secondary N) is 3. The Balaban J connectivity index is 1.48. The van der Waals surface area contributed by atoms with Gasteiger partial charge < -0.3 is 21.3 Å². The van der Waals surface area contributed by atoms with Crippen molar-refractivity contribution >= 4 is 34.9 Å². The lowest BCUT2D eigenvalue weighted by Gasteiger charge is -2.39. The molecule has 4 rings (SSSR count). The van der Waals surface area contributed by atoms with Crippen LogP contribution < -0.4 is 21.3 Å². The van der Waals surface area contributed by atoms with Gasteiger partial charge in [-0.1, -0.05) is 50.8 Å². The smallest absolute Gasteiger partial charge is 0.245 e. The number of hydrogen-bond acceptors (Lipinski definition) is 5. The lowest BCUT2D eigenvalue weighted by atomic mass is 9.84. The van der Waals surface area contributed by atoms with E-state index < -0.39 is 0 Å². The Morgan fingerprint density at radius 1 is 1.21 bits per heavy atom. The summed E-state index contributed by atoms with van der Waals surface area (Å²) in [5, 5.41) is 14.8. The summed E-state index contributed by atoms with van der Waals surface area (Å²) in [7, 11) is 0. The number of nitrogen functional groups attached to an aromatic ring is 1. The third kappa shape index (κ3) is 7.11. The fourth-order valence-electron chi connectivity index (χ4n) is 5.79. The van der Waals surface area contributed by atoms with Crippen molar-refractivity contribution in [3.8, 4) is 0 Å². The molecule has 0 aliphatic carbocycles. The Morgan fingerprint density at radius 3 is 2.82 bits per heavy atom. The van der Waals surface area contributed by atoms with Gasteiger partial charge in [0.15, 0.2) is 0 Å². The van der Waals surface area contributed by atoms with Gasteiger partial charge in [-0.05, 0) is 75.8 Å². The van der Waals surface area contributed by atoms with Crippen LogP contribution in [0.15, 0.2) is 47.4 Å². The summed E-state index contributed by atoms with van der Waals surface area (Å²) in [6, 6.07) is 14.6. The van der Waals surface area contributed by atoms with Gasteiger partial charge in [-0.2, -0.15) is 0 Å². The molecule has 2 aromatic rings. The second-order valence-corrected chi connectivity index (χ2v) is 12.4. The van der Waals surface area contributed by atoms with Gasteiger partial charge in [0, 0.05) is 40.8 Å². The zero-order chi connectivity index (χ0) is 27.1. The maximum Gasteiger partial charge on any atom is 0.245 e. The lowest BCUT2D eigenvalue weighted by molar-refractivity contribution is -0.118. The fourth-order valence-corrected chi connectivity index (χ4v) is 6.99. The van der Waals surface area contributed by atoms with Crippen molar-refractivity contribution in [1.82, 2.24) is 5.32 Å². The van der Waals surface area contributed by atoms with E-state index in [0.717, 1.165) is 54.1 Å². The van der Waals surface area contributed by atoms with E-state index in [9.17, 15) is 4.79 Å². The highest BCUT2D eigenvalue weighted by Gasteiger charge is 2.35. The second kappa shape index (κ2) is 13.0. The molecule has 5 N–H and O–H groups in total. The van der Waals surface area contributed by atoms with Crippen LogP contribution in [0.5, 0.6) is 0 Å². The molecule has 38 heavy (non-hydrogen) atoms. The summed E-state index contributed by atoms with van der Waals surface area (Å²) < 4.78 is 0. The van der Waals surface area contributed by atoms with Crippen LogP contribution in [0, 0.1) is 5.41 Å². The van der Waals surface area contributed by atoms with Gasteiger partial charge in [0.25, 0.3) is 0 Å². The molecule has 0 radical (unpaired) electrons. The van der Waals surface area contributed by atoms with Gasteiger partial charge in [-0.3, -0.25) is 10.2 Å². The van der Waals surface area contributed by atoms with Crippen molar-refractivity contribution in [3.63, 3.8) is 0 Å². The Morgan fingerprint density at radius 2 is 2.05 bits per heavy atom. The summed E-state index contributed by atoms with van der Waals surface area (Å²) in [5.41, 5.74) is 9.63. The molecule has 2 aliphatic rings. The molecule has 1 fully saturated rings. The Hall–Kier alpha value is -2.51. The zero-order valence-corrected chi connectivity index (χ0v) is 24.1. The van der Waals surface area contributed by atoms with E-state index in [2.05, 4.69) is 49.6 Å². The first-order valence-corrected chi connectivity index (χ1v) is 15.3. The molecule has 0 saturated carbocycles. The van der Waals surface area contributed by atoms with Crippen molar-refractivity contribution in [2.24, 2.45) is 5.73 Å². The third-order valence-corrected chi connectivity index (χ3v) is 9.22. The average Bonchev–Trinajstić information content (AvgIpc) is 2.89. The predicted molar refractivity (Wildman–Crippen MR) is 162 cm³/mol. The highest BCUT2D eigenvalue weighted by Crippen LogP contribution is 2.47. The largest absolute Gasteiger partial charge is 0.385 e. The summed E-state index contributed by atoms with van der Waals surface area (Å²) in [6.45, 7) is 8.51. The number of carbonyl (C=O) groups excluding carboxylic acids is 1. The molecule has 6 nitrogen and oxygen atoms in total. The molecule has 7 heteroatoms. The number of carbonyl (C=O) groups is 1. The van der Waals surface area contributed by atoms with Gasteiger partial charge in [0.1, 0.15) is 11.1 Å². The Bertz CT molecular complexity index is 1120. The number of fused-ring (bicyclic) bond motifs is 1. The molecule has 1 unspecified atom stereocenters. The van der Waals surface area contributed by atoms with Crippen LogP contribution in [0.2, 0.25) is 0 Å². The normalized spacial score (nSPS) is 23.2. The number of piperidine rings is 1. The third-order valence-electron chi connectivity index (χ3n) is 7.92. The number of thioether (sulfide) groups is 1. The van der Waals surface area contributed by atoms with Crippen LogP contribution in [-0.4, -0.2) is 36.4 Å². The van der Waals surface area contributed by atoms with Gasteiger partial charge in [-0.15, -0.1) is 11.8 Å². The van der Waals surface area contributed by atoms with Crippen LogP contribution >= 0.6 is 11.8 Å². The molecule has 0 bridgehead atoms. The molecule has 2 aliphatic heterocycles. The van der Waals surface area contributed by atoms with Gasteiger partial charge in [-0.25, -0.2) is 0 Å². The molecule has 3 atom stereocenters. The second-order valence-electron chi connectivity index (χ2n) is 11.3. The predicted octanol–water partition coefficient (Wildman–Crippen LogP) is 6.84. The average molecular weight is 536 g/mol. The zero-order valence-electron chi connectivity index (χ0n) is 23.3. The lowest BCUT2D eigenvalue weighted by Crippen LogP contribution is -2.50. The van der Waals surface area contributed by atoms with Crippen LogP contribution in [0.3, 0.4) is 0 Å². The number of anilines is 2. The van der Waals surface area contributed by atoms with E-state index >= 15 is 0 Å².